The highest BCUT2D eigenvalue weighted by molar-refractivity contribution is 5.96. The van der Waals surface area contributed by atoms with Crippen LogP contribution >= 0.6 is 0 Å². The number of amides is 1. The van der Waals surface area contributed by atoms with Crippen LogP contribution in [0, 0.1) is 20.8 Å². The Morgan fingerprint density at radius 1 is 0.952 bits per heavy atom. The second kappa shape index (κ2) is 6.44. The lowest BCUT2D eigenvalue weighted by molar-refractivity contribution is -0.116. The van der Waals surface area contributed by atoms with Crippen LogP contribution in [-0.4, -0.2) is 11.9 Å². The molecule has 2 aromatic carbocycles. The van der Waals surface area contributed by atoms with Gasteiger partial charge in [0.05, 0.1) is 0 Å². The molecule has 1 amide bonds. The Kier molecular flexibility index (Phi) is 4.63. The molecular formula is C18H22N2O. The van der Waals surface area contributed by atoms with Crippen LogP contribution in [0.25, 0.3) is 0 Å². The molecule has 3 nitrogen and oxygen atoms in total. The Morgan fingerprint density at radius 2 is 1.71 bits per heavy atom. The Morgan fingerprint density at radius 3 is 2.38 bits per heavy atom. The predicted octanol–water partition coefficient (Wildman–Crippen LogP) is 4.05. The van der Waals surface area contributed by atoms with Gasteiger partial charge in [0.2, 0.25) is 5.91 Å². The molecule has 0 heterocycles. The van der Waals surface area contributed by atoms with Gasteiger partial charge in [-0.15, -0.1) is 0 Å². The summed E-state index contributed by atoms with van der Waals surface area (Å²) in [5.41, 5.74) is 5.38. The first-order valence-electron chi connectivity index (χ1n) is 7.17. The normalized spacial score (nSPS) is 11.8. The van der Waals surface area contributed by atoms with Gasteiger partial charge in [0.1, 0.15) is 6.04 Å². The van der Waals surface area contributed by atoms with Gasteiger partial charge in [0.15, 0.2) is 0 Å². The Balaban J connectivity index is 2.00. The number of nitrogens with one attached hydrogen (secondary N) is 2. The summed E-state index contributed by atoms with van der Waals surface area (Å²) in [7, 11) is 0. The molecule has 2 N–H and O–H groups in total. The van der Waals surface area contributed by atoms with Gasteiger partial charge in [-0.25, -0.2) is 0 Å². The van der Waals surface area contributed by atoms with Gasteiger partial charge in [0.25, 0.3) is 0 Å². The molecular weight excluding hydrogens is 260 g/mol. The van der Waals surface area contributed by atoms with Crippen molar-refractivity contribution in [2.45, 2.75) is 33.7 Å². The lowest BCUT2D eigenvalue weighted by atomic mass is 10.1. The molecule has 0 spiro atoms. The highest BCUT2D eigenvalue weighted by Gasteiger charge is 2.13. The molecule has 0 saturated heterocycles. The number of anilines is 2. The summed E-state index contributed by atoms with van der Waals surface area (Å²) < 4.78 is 0. The summed E-state index contributed by atoms with van der Waals surface area (Å²) in [4.78, 5) is 12.2. The number of benzene rings is 2. The first-order chi connectivity index (χ1) is 9.95. The SMILES string of the molecule is Cc1cccc(NC(=O)C(C)Nc2ccc(C)c(C)c2)c1. The van der Waals surface area contributed by atoms with E-state index in [-0.39, 0.29) is 11.9 Å². The standard InChI is InChI=1S/C18H22N2O/c1-12-6-5-7-16(10-12)20-18(21)15(4)19-17-9-8-13(2)14(3)11-17/h5-11,15,19H,1-4H3,(H,20,21). The van der Waals surface area contributed by atoms with Gasteiger partial charge in [0, 0.05) is 11.4 Å². The first-order valence-corrected chi connectivity index (χ1v) is 7.17. The molecule has 21 heavy (non-hydrogen) atoms. The van der Waals surface area contributed by atoms with Crippen molar-refractivity contribution in [3.8, 4) is 0 Å². The van der Waals surface area contributed by atoms with E-state index in [1.165, 1.54) is 11.1 Å². The summed E-state index contributed by atoms with van der Waals surface area (Å²) in [6.45, 7) is 8.01. The molecule has 2 aromatic rings. The summed E-state index contributed by atoms with van der Waals surface area (Å²) in [5, 5.41) is 6.16. The third kappa shape index (κ3) is 4.09. The molecule has 0 fully saturated rings. The molecule has 2 rings (SSSR count). The number of aryl methyl sites for hydroxylation is 3. The fourth-order valence-electron chi connectivity index (χ4n) is 2.12. The predicted molar refractivity (Wildman–Crippen MR) is 88.8 cm³/mol. The van der Waals surface area contributed by atoms with Gasteiger partial charge >= 0.3 is 0 Å². The quantitative estimate of drug-likeness (QED) is 0.888. The van der Waals surface area contributed by atoms with Crippen LogP contribution in [0.5, 0.6) is 0 Å². The minimum Gasteiger partial charge on any atom is -0.374 e. The average Bonchev–Trinajstić information content (AvgIpc) is 2.43. The number of hydrogen-bond acceptors (Lipinski definition) is 2. The van der Waals surface area contributed by atoms with Crippen molar-refractivity contribution in [2.75, 3.05) is 10.6 Å². The maximum absolute atomic E-state index is 12.2. The van der Waals surface area contributed by atoms with E-state index >= 15 is 0 Å². The van der Waals surface area contributed by atoms with Crippen molar-refractivity contribution in [3.63, 3.8) is 0 Å². The molecule has 0 saturated carbocycles. The summed E-state index contributed by atoms with van der Waals surface area (Å²) in [6, 6.07) is 13.6. The molecule has 0 aliphatic carbocycles. The van der Waals surface area contributed by atoms with Crippen molar-refractivity contribution in [2.24, 2.45) is 0 Å². The zero-order valence-electron chi connectivity index (χ0n) is 13.0. The fraction of sp³-hybridized carbons (Fsp3) is 0.278. The van der Waals surface area contributed by atoms with E-state index in [1.807, 2.05) is 44.2 Å². The van der Waals surface area contributed by atoms with E-state index in [0.717, 1.165) is 16.9 Å². The Bertz CT molecular complexity index is 649. The van der Waals surface area contributed by atoms with E-state index in [0.29, 0.717) is 0 Å². The van der Waals surface area contributed by atoms with Gasteiger partial charge in [-0.1, -0.05) is 18.2 Å². The second-order valence-electron chi connectivity index (χ2n) is 5.52. The average molecular weight is 282 g/mol. The number of hydrogen-bond donors (Lipinski definition) is 2. The summed E-state index contributed by atoms with van der Waals surface area (Å²) in [6.07, 6.45) is 0. The van der Waals surface area contributed by atoms with E-state index in [2.05, 4.69) is 36.6 Å². The van der Waals surface area contributed by atoms with Gasteiger partial charge < -0.3 is 10.6 Å². The lowest BCUT2D eigenvalue weighted by Gasteiger charge is -2.16. The third-order valence-electron chi connectivity index (χ3n) is 3.57. The number of carbonyl (C=O) groups is 1. The highest BCUT2D eigenvalue weighted by atomic mass is 16.2. The number of carbonyl (C=O) groups excluding carboxylic acids is 1. The van der Waals surface area contributed by atoms with E-state index in [9.17, 15) is 4.79 Å². The summed E-state index contributed by atoms with van der Waals surface area (Å²) in [5.74, 6) is -0.0428. The summed E-state index contributed by atoms with van der Waals surface area (Å²) >= 11 is 0. The van der Waals surface area contributed by atoms with Crippen LogP contribution in [0.15, 0.2) is 42.5 Å². The molecule has 0 aliphatic heterocycles. The Hall–Kier alpha value is -2.29. The Labute approximate surface area is 126 Å². The fourth-order valence-corrected chi connectivity index (χ4v) is 2.12. The highest BCUT2D eigenvalue weighted by Crippen LogP contribution is 2.16. The van der Waals surface area contributed by atoms with E-state index in [1.54, 1.807) is 0 Å². The monoisotopic (exact) mass is 282 g/mol. The zero-order chi connectivity index (χ0) is 15.4. The first kappa shape index (κ1) is 15.1. The molecule has 0 aromatic heterocycles. The molecule has 0 aliphatic rings. The van der Waals surface area contributed by atoms with Crippen LogP contribution in [0.4, 0.5) is 11.4 Å². The topological polar surface area (TPSA) is 41.1 Å². The molecule has 3 heteroatoms. The number of rotatable bonds is 4. The van der Waals surface area contributed by atoms with Gasteiger partial charge in [-0.2, -0.15) is 0 Å². The van der Waals surface area contributed by atoms with Crippen LogP contribution in [-0.2, 0) is 4.79 Å². The van der Waals surface area contributed by atoms with Crippen molar-refractivity contribution in [1.82, 2.24) is 0 Å². The second-order valence-corrected chi connectivity index (χ2v) is 5.52. The minimum atomic E-state index is -0.299. The van der Waals surface area contributed by atoms with Crippen LogP contribution in [0.3, 0.4) is 0 Å². The largest absolute Gasteiger partial charge is 0.374 e. The maximum Gasteiger partial charge on any atom is 0.246 e. The van der Waals surface area contributed by atoms with E-state index in [4.69, 9.17) is 0 Å². The molecule has 0 radical (unpaired) electrons. The third-order valence-corrected chi connectivity index (χ3v) is 3.57. The lowest BCUT2D eigenvalue weighted by Crippen LogP contribution is -2.31. The minimum absolute atomic E-state index is 0.0428. The molecule has 1 atom stereocenters. The maximum atomic E-state index is 12.2. The van der Waals surface area contributed by atoms with Crippen molar-refractivity contribution >= 4 is 17.3 Å². The van der Waals surface area contributed by atoms with Crippen molar-refractivity contribution in [1.29, 1.82) is 0 Å². The smallest absolute Gasteiger partial charge is 0.246 e. The van der Waals surface area contributed by atoms with Crippen LogP contribution in [0.1, 0.15) is 23.6 Å². The zero-order valence-corrected chi connectivity index (χ0v) is 13.0. The van der Waals surface area contributed by atoms with E-state index < -0.39 is 0 Å². The molecule has 1 unspecified atom stereocenters. The van der Waals surface area contributed by atoms with Gasteiger partial charge in [-0.3, -0.25) is 4.79 Å². The van der Waals surface area contributed by atoms with Crippen LogP contribution < -0.4 is 10.6 Å². The molecule has 0 bridgehead atoms. The van der Waals surface area contributed by atoms with Crippen LogP contribution in [0.2, 0.25) is 0 Å². The van der Waals surface area contributed by atoms with Crippen molar-refractivity contribution in [3.05, 3.63) is 59.2 Å². The molecule has 110 valence electrons. The van der Waals surface area contributed by atoms with Crippen molar-refractivity contribution < 1.29 is 4.79 Å². The van der Waals surface area contributed by atoms with Gasteiger partial charge in [-0.05, 0) is 68.7 Å².